The third-order valence-corrected chi connectivity index (χ3v) is 4.61. The van der Waals surface area contributed by atoms with E-state index in [-0.39, 0.29) is 5.91 Å². The molecule has 98 valence electrons. The van der Waals surface area contributed by atoms with Crippen molar-refractivity contribution in [2.45, 2.75) is 19.4 Å². The highest BCUT2D eigenvalue weighted by Gasteiger charge is 2.45. The first-order valence-electron chi connectivity index (χ1n) is 6.47. The van der Waals surface area contributed by atoms with Crippen molar-refractivity contribution >= 4 is 21.8 Å². The van der Waals surface area contributed by atoms with E-state index in [1.807, 2.05) is 4.90 Å². The van der Waals surface area contributed by atoms with Crippen LogP contribution in [0.25, 0.3) is 0 Å². The Balaban J connectivity index is 1.81. The Morgan fingerprint density at radius 2 is 2.39 bits per heavy atom. The summed E-state index contributed by atoms with van der Waals surface area (Å²) in [6.07, 6.45) is 1.01. The molecule has 2 aliphatic heterocycles. The van der Waals surface area contributed by atoms with Crippen molar-refractivity contribution in [2.24, 2.45) is 11.8 Å². The van der Waals surface area contributed by atoms with Crippen LogP contribution in [0.5, 0.6) is 0 Å². The molecular formula is C13H17BrN2O2. The van der Waals surface area contributed by atoms with Gasteiger partial charge in [-0.15, -0.1) is 0 Å². The lowest BCUT2D eigenvalue weighted by Crippen LogP contribution is -2.39. The summed E-state index contributed by atoms with van der Waals surface area (Å²) in [7, 11) is 0. The van der Waals surface area contributed by atoms with Crippen LogP contribution in [0.2, 0.25) is 0 Å². The summed E-state index contributed by atoms with van der Waals surface area (Å²) < 4.78 is 5.99. The van der Waals surface area contributed by atoms with E-state index in [1.165, 1.54) is 0 Å². The van der Waals surface area contributed by atoms with Gasteiger partial charge >= 0.3 is 0 Å². The van der Waals surface area contributed by atoms with Crippen molar-refractivity contribution in [1.82, 2.24) is 10.2 Å². The molecule has 4 nitrogen and oxygen atoms in total. The van der Waals surface area contributed by atoms with Crippen molar-refractivity contribution in [2.75, 3.05) is 19.6 Å². The first-order valence-corrected chi connectivity index (χ1v) is 7.27. The van der Waals surface area contributed by atoms with Crippen molar-refractivity contribution in [3.63, 3.8) is 0 Å². The van der Waals surface area contributed by atoms with Gasteiger partial charge in [-0.25, -0.2) is 0 Å². The molecule has 1 aromatic heterocycles. The Bertz CT molecular complexity index is 460. The number of carbonyl (C=O) groups excluding carboxylic acids is 1. The molecule has 18 heavy (non-hydrogen) atoms. The van der Waals surface area contributed by atoms with Gasteiger partial charge in [-0.3, -0.25) is 4.79 Å². The Morgan fingerprint density at radius 3 is 3.06 bits per heavy atom. The van der Waals surface area contributed by atoms with E-state index in [9.17, 15) is 4.79 Å². The number of fused-ring (bicyclic) bond motifs is 1. The monoisotopic (exact) mass is 312 g/mol. The molecule has 2 saturated heterocycles. The molecule has 0 spiro atoms. The first-order chi connectivity index (χ1) is 8.70. The lowest BCUT2D eigenvalue weighted by Gasteiger charge is -2.26. The highest BCUT2D eigenvalue weighted by atomic mass is 79.9. The summed E-state index contributed by atoms with van der Waals surface area (Å²) in [5.74, 6) is 1.69. The van der Waals surface area contributed by atoms with Gasteiger partial charge in [0, 0.05) is 25.7 Å². The highest BCUT2D eigenvalue weighted by Crippen LogP contribution is 2.35. The number of hydrogen-bond donors (Lipinski definition) is 1. The summed E-state index contributed by atoms with van der Waals surface area (Å²) in [5, 5.41) is 3.42. The van der Waals surface area contributed by atoms with Crippen molar-refractivity contribution in [3.05, 3.63) is 22.6 Å². The molecule has 0 aromatic carbocycles. The summed E-state index contributed by atoms with van der Waals surface area (Å²) in [4.78, 5) is 14.5. The second-order valence-corrected chi connectivity index (χ2v) is 5.90. The van der Waals surface area contributed by atoms with Crippen LogP contribution in [0, 0.1) is 11.8 Å². The van der Waals surface area contributed by atoms with Crippen LogP contribution in [-0.2, 0) is 0 Å². The predicted molar refractivity (Wildman–Crippen MR) is 71.4 cm³/mol. The van der Waals surface area contributed by atoms with Crippen LogP contribution < -0.4 is 5.32 Å². The number of rotatable bonds is 2. The van der Waals surface area contributed by atoms with Crippen LogP contribution in [0.3, 0.4) is 0 Å². The largest absolute Gasteiger partial charge is 0.444 e. The van der Waals surface area contributed by atoms with Gasteiger partial charge in [-0.1, -0.05) is 6.92 Å². The van der Waals surface area contributed by atoms with Crippen LogP contribution in [0.15, 0.2) is 21.2 Å². The molecule has 3 rings (SSSR count). The molecule has 0 bridgehead atoms. The Kier molecular flexibility index (Phi) is 3.20. The minimum atomic E-state index is 0.0296. The van der Waals surface area contributed by atoms with Gasteiger partial charge in [-0.2, -0.15) is 0 Å². The van der Waals surface area contributed by atoms with Gasteiger partial charge < -0.3 is 14.6 Å². The van der Waals surface area contributed by atoms with Gasteiger partial charge in [0.2, 0.25) is 0 Å². The summed E-state index contributed by atoms with van der Waals surface area (Å²) >= 11 is 3.24. The lowest BCUT2D eigenvalue weighted by molar-refractivity contribution is 0.0678. The normalized spacial score (nSPS) is 30.8. The molecule has 2 aliphatic rings. The van der Waals surface area contributed by atoms with Gasteiger partial charge in [0.25, 0.3) is 5.91 Å². The standard InChI is InChI=1S/C13H17BrN2O2/c1-2-10-9-6-15-5-8(9)7-16(10)13(17)11-3-4-12(14)18-11/h3-4,8-10,15H,2,5-7H2,1H3. The Morgan fingerprint density at radius 1 is 1.56 bits per heavy atom. The molecule has 1 amide bonds. The Hall–Kier alpha value is -0.810. The van der Waals surface area contributed by atoms with E-state index < -0.39 is 0 Å². The number of nitrogens with one attached hydrogen (secondary N) is 1. The zero-order valence-electron chi connectivity index (χ0n) is 10.4. The van der Waals surface area contributed by atoms with Gasteiger partial charge in [0.05, 0.1) is 0 Å². The second-order valence-electron chi connectivity index (χ2n) is 5.12. The topological polar surface area (TPSA) is 45.5 Å². The number of amides is 1. The lowest BCUT2D eigenvalue weighted by atomic mass is 9.93. The third kappa shape index (κ3) is 1.89. The number of hydrogen-bond acceptors (Lipinski definition) is 3. The number of halogens is 1. The molecular weight excluding hydrogens is 296 g/mol. The number of furan rings is 1. The SMILES string of the molecule is CCC1C2CNCC2CN1C(=O)c1ccc(Br)o1. The number of nitrogens with zero attached hydrogens (tertiary/aromatic N) is 1. The van der Waals surface area contributed by atoms with Crippen LogP contribution in [0.1, 0.15) is 23.9 Å². The fourth-order valence-corrected chi connectivity index (χ4v) is 3.66. The fourth-order valence-electron chi connectivity index (χ4n) is 3.35. The van der Waals surface area contributed by atoms with E-state index in [0.717, 1.165) is 26.1 Å². The smallest absolute Gasteiger partial charge is 0.289 e. The quantitative estimate of drug-likeness (QED) is 0.909. The molecule has 0 radical (unpaired) electrons. The molecule has 0 aliphatic carbocycles. The summed E-state index contributed by atoms with van der Waals surface area (Å²) in [6.45, 7) is 5.08. The fraction of sp³-hybridized carbons (Fsp3) is 0.615. The molecule has 5 heteroatoms. The van der Waals surface area contributed by atoms with Crippen molar-refractivity contribution in [3.8, 4) is 0 Å². The van der Waals surface area contributed by atoms with Crippen molar-refractivity contribution < 1.29 is 9.21 Å². The van der Waals surface area contributed by atoms with Crippen LogP contribution in [0.4, 0.5) is 0 Å². The Labute approximate surface area is 115 Å². The zero-order chi connectivity index (χ0) is 12.7. The van der Waals surface area contributed by atoms with E-state index in [2.05, 4.69) is 28.2 Å². The summed E-state index contributed by atoms with van der Waals surface area (Å²) in [5.41, 5.74) is 0. The minimum Gasteiger partial charge on any atom is -0.444 e. The second kappa shape index (κ2) is 4.70. The number of likely N-dealkylation sites (tertiary alicyclic amines) is 1. The molecule has 0 saturated carbocycles. The summed E-state index contributed by atoms with van der Waals surface area (Å²) in [6, 6.07) is 3.86. The zero-order valence-corrected chi connectivity index (χ0v) is 11.9. The van der Waals surface area contributed by atoms with E-state index >= 15 is 0 Å². The molecule has 2 fully saturated rings. The first kappa shape index (κ1) is 12.2. The van der Waals surface area contributed by atoms with Crippen molar-refractivity contribution in [1.29, 1.82) is 0 Å². The molecule has 1 N–H and O–H groups in total. The van der Waals surface area contributed by atoms with E-state index in [0.29, 0.717) is 28.3 Å². The van der Waals surface area contributed by atoms with Crippen LogP contribution in [-0.4, -0.2) is 36.5 Å². The van der Waals surface area contributed by atoms with E-state index in [4.69, 9.17) is 4.42 Å². The highest BCUT2D eigenvalue weighted by molar-refractivity contribution is 9.10. The van der Waals surface area contributed by atoms with Gasteiger partial charge in [0.15, 0.2) is 10.4 Å². The maximum absolute atomic E-state index is 12.5. The predicted octanol–water partition coefficient (Wildman–Crippen LogP) is 2.11. The maximum Gasteiger partial charge on any atom is 0.289 e. The third-order valence-electron chi connectivity index (χ3n) is 4.18. The van der Waals surface area contributed by atoms with Crippen LogP contribution >= 0.6 is 15.9 Å². The maximum atomic E-state index is 12.5. The van der Waals surface area contributed by atoms with E-state index in [1.54, 1.807) is 12.1 Å². The molecule has 1 aromatic rings. The minimum absolute atomic E-state index is 0.0296. The molecule has 3 heterocycles. The average molecular weight is 313 g/mol. The van der Waals surface area contributed by atoms with Gasteiger partial charge in [0.1, 0.15) is 0 Å². The van der Waals surface area contributed by atoms with Gasteiger partial charge in [-0.05, 0) is 46.3 Å². The molecule has 3 atom stereocenters. The number of carbonyl (C=O) groups is 1. The molecule has 3 unspecified atom stereocenters. The average Bonchev–Trinajstić information content (AvgIpc) is 3.01.